The van der Waals surface area contributed by atoms with Crippen molar-refractivity contribution in [3.05, 3.63) is 81.7 Å². The Labute approximate surface area is 175 Å². The molecule has 1 aromatic heterocycles. The van der Waals surface area contributed by atoms with Crippen molar-refractivity contribution in [2.24, 2.45) is 4.99 Å². The molecular weight excluding hydrogens is 380 g/mol. The quantitative estimate of drug-likeness (QED) is 0.482. The summed E-state index contributed by atoms with van der Waals surface area (Å²) in [6, 6.07) is 12.4. The topological polar surface area (TPSA) is 80.9 Å². The molecule has 0 aliphatic rings. The molecule has 3 aromatic rings. The number of carboxylic acids is 1. The predicted molar refractivity (Wildman–Crippen MR) is 117 cm³/mol. The lowest BCUT2D eigenvalue weighted by Gasteiger charge is -2.13. The van der Waals surface area contributed by atoms with Crippen molar-refractivity contribution in [3.63, 3.8) is 0 Å². The van der Waals surface area contributed by atoms with Crippen LogP contribution in [0.2, 0.25) is 0 Å². The number of rotatable bonds is 5. The average molecular weight is 404 g/mol. The Kier molecular flexibility index (Phi) is 5.87. The van der Waals surface area contributed by atoms with E-state index < -0.39 is 11.9 Å². The van der Waals surface area contributed by atoms with Gasteiger partial charge in [-0.05, 0) is 75.2 Å². The van der Waals surface area contributed by atoms with E-state index in [1.54, 1.807) is 30.5 Å². The van der Waals surface area contributed by atoms with E-state index in [0.29, 0.717) is 11.3 Å². The molecule has 0 aliphatic carbocycles. The van der Waals surface area contributed by atoms with Crippen LogP contribution in [0.4, 0.5) is 5.69 Å². The van der Waals surface area contributed by atoms with Gasteiger partial charge in [0.15, 0.2) is 0 Å². The standard InChI is InChI=1S/C24H24N2O4/c1-14-6-7-19(24(29)30-5)12-21(14)25-13-20-11-16(3)26(17(20)4)22-9-8-18(23(27)28)10-15(22)2/h6-13H,1-5H3,(H,27,28). The summed E-state index contributed by atoms with van der Waals surface area (Å²) < 4.78 is 6.87. The van der Waals surface area contributed by atoms with Gasteiger partial charge in [0.2, 0.25) is 0 Å². The fraction of sp³-hybridized carbons (Fsp3) is 0.208. The number of aromatic carboxylic acids is 1. The molecule has 1 heterocycles. The summed E-state index contributed by atoms with van der Waals surface area (Å²) in [5.74, 6) is -1.34. The molecule has 6 nitrogen and oxygen atoms in total. The van der Waals surface area contributed by atoms with Gasteiger partial charge in [-0.2, -0.15) is 0 Å². The van der Waals surface area contributed by atoms with E-state index in [9.17, 15) is 14.7 Å². The van der Waals surface area contributed by atoms with Gasteiger partial charge >= 0.3 is 11.9 Å². The molecule has 0 spiro atoms. The number of aliphatic imine (C=N–C) groups is 1. The zero-order valence-corrected chi connectivity index (χ0v) is 17.7. The van der Waals surface area contributed by atoms with E-state index in [0.717, 1.165) is 33.8 Å². The highest BCUT2D eigenvalue weighted by molar-refractivity contribution is 5.91. The Bertz CT molecular complexity index is 1170. The molecule has 2 aromatic carbocycles. The lowest BCUT2D eigenvalue weighted by Crippen LogP contribution is -2.04. The van der Waals surface area contributed by atoms with Crippen LogP contribution in [0.5, 0.6) is 0 Å². The van der Waals surface area contributed by atoms with Crippen LogP contribution in [0.25, 0.3) is 5.69 Å². The SMILES string of the molecule is COC(=O)c1ccc(C)c(N=Cc2cc(C)n(-c3ccc(C(=O)O)cc3C)c2C)c1. The molecule has 0 fully saturated rings. The maximum Gasteiger partial charge on any atom is 0.337 e. The van der Waals surface area contributed by atoms with Gasteiger partial charge in [0, 0.05) is 28.9 Å². The molecule has 154 valence electrons. The zero-order valence-electron chi connectivity index (χ0n) is 17.7. The monoisotopic (exact) mass is 404 g/mol. The lowest BCUT2D eigenvalue weighted by molar-refractivity contribution is 0.0600. The highest BCUT2D eigenvalue weighted by Gasteiger charge is 2.13. The maximum atomic E-state index is 11.8. The van der Waals surface area contributed by atoms with Gasteiger partial charge in [0.1, 0.15) is 0 Å². The number of hydrogen-bond donors (Lipinski definition) is 1. The fourth-order valence-corrected chi connectivity index (χ4v) is 3.46. The van der Waals surface area contributed by atoms with Gasteiger partial charge in [-0.3, -0.25) is 4.99 Å². The minimum absolute atomic E-state index is 0.265. The van der Waals surface area contributed by atoms with Crippen LogP contribution in [-0.2, 0) is 4.74 Å². The van der Waals surface area contributed by atoms with Gasteiger partial charge < -0.3 is 14.4 Å². The number of carbonyl (C=O) groups is 2. The fourth-order valence-electron chi connectivity index (χ4n) is 3.46. The molecule has 3 rings (SSSR count). The summed E-state index contributed by atoms with van der Waals surface area (Å²) in [6.07, 6.45) is 1.78. The first kappa shape index (κ1) is 21.0. The first-order valence-corrected chi connectivity index (χ1v) is 9.49. The van der Waals surface area contributed by atoms with Crippen LogP contribution in [0, 0.1) is 27.7 Å². The second-order valence-corrected chi connectivity index (χ2v) is 7.22. The molecule has 0 saturated carbocycles. The zero-order chi connectivity index (χ0) is 22.0. The number of ether oxygens (including phenoxy) is 1. The van der Waals surface area contributed by atoms with E-state index in [4.69, 9.17) is 4.74 Å². The Morgan fingerprint density at radius 3 is 2.30 bits per heavy atom. The molecule has 30 heavy (non-hydrogen) atoms. The molecular formula is C24H24N2O4. The molecule has 1 N–H and O–H groups in total. The van der Waals surface area contributed by atoms with E-state index in [1.165, 1.54) is 7.11 Å². The number of hydrogen-bond acceptors (Lipinski definition) is 4. The van der Waals surface area contributed by atoms with Gasteiger partial charge in [0.25, 0.3) is 0 Å². The van der Waals surface area contributed by atoms with E-state index in [1.807, 2.05) is 45.9 Å². The summed E-state index contributed by atoms with van der Waals surface area (Å²) in [4.78, 5) is 27.6. The van der Waals surface area contributed by atoms with Crippen molar-refractivity contribution < 1.29 is 19.4 Å². The Hall–Kier alpha value is -3.67. The first-order chi connectivity index (χ1) is 14.2. The van der Waals surface area contributed by atoms with Crippen LogP contribution < -0.4 is 0 Å². The Morgan fingerprint density at radius 1 is 0.967 bits per heavy atom. The third-order valence-corrected chi connectivity index (χ3v) is 5.13. The molecule has 0 bridgehead atoms. The number of carboxylic acid groups (broad SMARTS) is 1. The highest BCUT2D eigenvalue weighted by Crippen LogP contribution is 2.25. The number of methoxy groups -OCH3 is 1. The van der Waals surface area contributed by atoms with Crippen LogP contribution in [0.15, 0.2) is 47.5 Å². The second kappa shape index (κ2) is 8.37. The summed E-state index contributed by atoms with van der Waals surface area (Å²) in [5.41, 5.74) is 7.12. The largest absolute Gasteiger partial charge is 0.478 e. The Balaban J connectivity index is 1.99. The van der Waals surface area contributed by atoms with Crippen molar-refractivity contribution >= 4 is 23.8 Å². The summed E-state index contributed by atoms with van der Waals surface area (Å²) in [5, 5.41) is 9.20. The molecule has 0 amide bonds. The second-order valence-electron chi connectivity index (χ2n) is 7.22. The van der Waals surface area contributed by atoms with Crippen LogP contribution >= 0.6 is 0 Å². The third-order valence-electron chi connectivity index (χ3n) is 5.13. The summed E-state index contributed by atoms with van der Waals surface area (Å²) in [7, 11) is 1.35. The van der Waals surface area contributed by atoms with Gasteiger partial charge in [-0.1, -0.05) is 6.07 Å². The normalized spacial score (nSPS) is 11.1. The number of aromatic nitrogens is 1. The van der Waals surface area contributed by atoms with Crippen LogP contribution in [0.1, 0.15) is 48.8 Å². The number of esters is 1. The van der Waals surface area contributed by atoms with Gasteiger partial charge in [0.05, 0.1) is 23.9 Å². The van der Waals surface area contributed by atoms with Gasteiger partial charge in [-0.25, -0.2) is 9.59 Å². The Morgan fingerprint density at radius 2 is 1.67 bits per heavy atom. The minimum atomic E-state index is -0.942. The third kappa shape index (κ3) is 4.03. The lowest BCUT2D eigenvalue weighted by atomic mass is 10.1. The number of benzene rings is 2. The van der Waals surface area contributed by atoms with Crippen molar-refractivity contribution in [2.45, 2.75) is 27.7 Å². The van der Waals surface area contributed by atoms with Crippen molar-refractivity contribution in [3.8, 4) is 5.69 Å². The van der Waals surface area contributed by atoms with Crippen LogP contribution in [0.3, 0.4) is 0 Å². The highest BCUT2D eigenvalue weighted by atomic mass is 16.5. The van der Waals surface area contributed by atoms with Crippen molar-refractivity contribution in [1.29, 1.82) is 0 Å². The number of carbonyl (C=O) groups excluding carboxylic acids is 1. The maximum absolute atomic E-state index is 11.8. The minimum Gasteiger partial charge on any atom is -0.478 e. The molecule has 0 radical (unpaired) electrons. The van der Waals surface area contributed by atoms with Crippen molar-refractivity contribution in [2.75, 3.05) is 7.11 Å². The number of nitrogens with zero attached hydrogens (tertiary/aromatic N) is 2. The summed E-state index contributed by atoms with van der Waals surface area (Å²) >= 11 is 0. The van der Waals surface area contributed by atoms with E-state index in [-0.39, 0.29) is 5.56 Å². The van der Waals surface area contributed by atoms with E-state index in [2.05, 4.69) is 9.56 Å². The summed E-state index contributed by atoms with van der Waals surface area (Å²) in [6.45, 7) is 7.83. The van der Waals surface area contributed by atoms with Crippen LogP contribution in [-0.4, -0.2) is 34.9 Å². The van der Waals surface area contributed by atoms with Gasteiger partial charge in [-0.15, -0.1) is 0 Å². The van der Waals surface area contributed by atoms with E-state index >= 15 is 0 Å². The molecule has 6 heteroatoms. The smallest absolute Gasteiger partial charge is 0.337 e. The number of aryl methyl sites for hydroxylation is 3. The molecule has 0 aliphatic heterocycles. The molecule has 0 unspecified atom stereocenters. The first-order valence-electron chi connectivity index (χ1n) is 9.49. The predicted octanol–water partition coefficient (Wildman–Crippen LogP) is 4.95. The molecule has 0 saturated heterocycles. The van der Waals surface area contributed by atoms with Crippen molar-refractivity contribution in [1.82, 2.24) is 4.57 Å². The average Bonchev–Trinajstić information content (AvgIpc) is 3.00. The molecule has 0 atom stereocenters.